The first-order valence-electron chi connectivity index (χ1n) is 4.60. The van der Waals surface area contributed by atoms with Gasteiger partial charge in [-0.15, -0.1) is 0 Å². The van der Waals surface area contributed by atoms with Crippen LogP contribution in [0.25, 0.3) is 0 Å². The first-order chi connectivity index (χ1) is 7.79. The zero-order valence-corrected chi connectivity index (χ0v) is 9.07. The summed E-state index contributed by atoms with van der Waals surface area (Å²) in [6.45, 7) is 0. The number of hydrogen-bond donors (Lipinski definition) is 3. The molecule has 2 rings (SSSR count). The van der Waals surface area contributed by atoms with E-state index in [1.54, 1.807) is 12.1 Å². The maximum Gasteiger partial charge on any atom is 0.145 e. The van der Waals surface area contributed by atoms with Crippen LogP contribution in [-0.2, 0) is 0 Å². The summed E-state index contributed by atoms with van der Waals surface area (Å²) in [5, 5.41) is 3.70. The molecule has 0 fully saturated rings. The molecule has 1 aromatic heterocycles. The monoisotopic (exact) mass is 235 g/mol. The van der Waals surface area contributed by atoms with E-state index in [0.717, 1.165) is 5.69 Å². The summed E-state index contributed by atoms with van der Waals surface area (Å²) in [4.78, 5) is 7.95. The van der Waals surface area contributed by atoms with Crippen molar-refractivity contribution in [1.29, 1.82) is 0 Å². The Bertz CT molecular complexity index is 488. The molecule has 6 heteroatoms. The van der Waals surface area contributed by atoms with Gasteiger partial charge < -0.3 is 10.7 Å². The molecule has 82 valence electrons. The Labute approximate surface area is 97.6 Å². The largest absolute Gasteiger partial charge is 0.339 e. The van der Waals surface area contributed by atoms with Gasteiger partial charge >= 0.3 is 0 Å². The minimum atomic E-state index is 0.532. The average molecular weight is 236 g/mol. The van der Waals surface area contributed by atoms with Crippen molar-refractivity contribution in [1.82, 2.24) is 9.97 Å². The molecule has 0 atom stereocenters. The normalized spacial score (nSPS) is 9.88. The quantitative estimate of drug-likeness (QED) is 0.562. The lowest BCUT2D eigenvalue weighted by molar-refractivity contribution is 1.14. The number of nitrogens with two attached hydrogens (primary N) is 1. The van der Waals surface area contributed by atoms with E-state index in [0.29, 0.717) is 16.7 Å². The number of anilines is 3. The lowest BCUT2D eigenvalue weighted by atomic mass is 10.3. The zero-order valence-electron chi connectivity index (χ0n) is 8.31. The summed E-state index contributed by atoms with van der Waals surface area (Å²) >= 11 is 6.00. The number of nitrogens with one attached hydrogen (secondary N) is 2. The Morgan fingerprint density at radius 2 is 1.88 bits per heavy atom. The Kier molecular flexibility index (Phi) is 3.19. The van der Waals surface area contributed by atoms with Gasteiger partial charge in [0.2, 0.25) is 0 Å². The second-order valence-corrected chi connectivity index (χ2v) is 3.44. The number of nitrogen functional groups attached to an aromatic ring is 1. The lowest BCUT2D eigenvalue weighted by Crippen LogP contribution is -2.09. The third-order valence-corrected chi connectivity index (χ3v) is 2.28. The summed E-state index contributed by atoms with van der Waals surface area (Å²) in [6, 6.07) is 9.09. The van der Waals surface area contributed by atoms with Gasteiger partial charge in [0, 0.05) is 6.07 Å². The molecule has 0 aliphatic carbocycles. The van der Waals surface area contributed by atoms with Crippen molar-refractivity contribution < 1.29 is 0 Å². The van der Waals surface area contributed by atoms with E-state index in [9.17, 15) is 0 Å². The maximum absolute atomic E-state index is 6.00. The molecule has 0 saturated carbocycles. The van der Waals surface area contributed by atoms with E-state index in [2.05, 4.69) is 20.7 Å². The number of nitrogens with zero attached hydrogens (tertiary/aromatic N) is 2. The fourth-order valence-electron chi connectivity index (χ4n) is 1.21. The second kappa shape index (κ2) is 4.78. The molecule has 4 N–H and O–H groups in total. The molecular formula is C10H10ClN5. The van der Waals surface area contributed by atoms with Gasteiger partial charge in [-0.1, -0.05) is 23.7 Å². The van der Waals surface area contributed by atoms with Crippen molar-refractivity contribution in [3.05, 3.63) is 41.7 Å². The Balaban J connectivity index is 2.24. The predicted molar refractivity (Wildman–Crippen MR) is 64.6 cm³/mol. The number of rotatable bonds is 3. The van der Waals surface area contributed by atoms with Crippen LogP contribution >= 0.6 is 11.6 Å². The fraction of sp³-hybridized carbons (Fsp3) is 0. The standard InChI is InChI=1S/C10H10ClN5/c11-7-3-1-2-4-8(7)15-9-5-10(16-12)14-6-13-9/h1-6H,12H2,(H2,13,14,15,16). The third kappa shape index (κ3) is 2.39. The van der Waals surface area contributed by atoms with Crippen molar-refractivity contribution in [3.8, 4) is 0 Å². The van der Waals surface area contributed by atoms with E-state index < -0.39 is 0 Å². The number of hydrazine groups is 1. The van der Waals surface area contributed by atoms with Crippen LogP contribution in [0.1, 0.15) is 0 Å². The minimum absolute atomic E-state index is 0.532. The van der Waals surface area contributed by atoms with Crippen molar-refractivity contribution in [2.75, 3.05) is 10.7 Å². The Hall–Kier alpha value is -1.85. The highest BCUT2D eigenvalue weighted by Gasteiger charge is 2.01. The first-order valence-corrected chi connectivity index (χ1v) is 4.97. The molecule has 0 aliphatic heterocycles. The predicted octanol–water partition coefficient (Wildman–Crippen LogP) is 2.16. The van der Waals surface area contributed by atoms with Crippen LogP contribution < -0.4 is 16.6 Å². The number of para-hydroxylation sites is 1. The summed E-state index contributed by atoms with van der Waals surface area (Å²) in [5.41, 5.74) is 3.23. The van der Waals surface area contributed by atoms with Crippen molar-refractivity contribution in [2.45, 2.75) is 0 Å². The van der Waals surface area contributed by atoms with E-state index >= 15 is 0 Å². The molecular weight excluding hydrogens is 226 g/mol. The number of halogens is 1. The molecule has 0 radical (unpaired) electrons. The van der Waals surface area contributed by atoms with Crippen LogP contribution in [0.5, 0.6) is 0 Å². The smallest absolute Gasteiger partial charge is 0.145 e. The molecule has 0 saturated heterocycles. The zero-order chi connectivity index (χ0) is 11.4. The SMILES string of the molecule is NNc1cc(Nc2ccccc2Cl)ncn1. The molecule has 5 nitrogen and oxygen atoms in total. The average Bonchev–Trinajstić information content (AvgIpc) is 2.32. The van der Waals surface area contributed by atoms with Crippen LogP contribution in [0.3, 0.4) is 0 Å². The van der Waals surface area contributed by atoms with Gasteiger partial charge in [-0.2, -0.15) is 0 Å². The van der Waals surface area contributed by atoms with Crippen molar-refractivity contribution in [2.24, 2.45) is 5.84 Å². The van der Waals surface area contributed by atoms with Crippen molar-refractivity contribution >= 4 is 28.9 Å². The van der Waals surface area contributed by atoms with Gasteiger partial charge in [-0.25, -0.2) is 15.8 Å². The molecule has 0 amide bonds. The molecule has 0 unspecified atom stereocenters. The molecule has 0 aliphatic rings. The topological polar surface area (TPSA) is 75.9 Å². The number of hydrogen-bond acceptors (Lipinski definition) is 5. The van der Waals surface area contributed by atoms with Gasteiger partial charge in [0.1, 0.15) is 18.0 Å². The van der Waals surface area contributed by atoms with Gasteiger partial charge in [-0.3, -0.25) is 0 Å². The van der Waals surface area contributed by atoms with Crippen LogP contribution in [0.2, 0.25) is 5.02 Å². The van der Waals surface area contributed by atoms with Gasteiger partial charge in [0.25, 0.3) is 0 Å². The van der Waals surface area contributed by atoms with Crippen LogP contribution in [0.4, 0.5) is 17.3 Å². The van der Waals surface area contributed by atoms with Crippen LogP contribution in [0.15, 0.2) is 36.7 Å². The van der Waals surface area contributed by atoms with Gasteiger partial charge in [0.05, 0.1) is 10.7 Å². The van der Waals surface area contributed by atoms with Gasteiger partial charge in [-0.05, 0) is 12.1 Å². The van der Waals surface area contributed by atoms with Crippen LogP contribution in [0, 0.1) is 0 Å². The van der Waals surface area contributed by atoms with E-state index in [1.807, 2.05) is 18.2 Å². The molecule has 1 aromatic carbocycles. The van der Waals surface area contributed by atoms with E-state index in [1.165, 1.54) is 6.33 Å². The highest BCUT2D eigenvalue weighted by molar-refractivity contribution is 6.33. The van der Waals surface area contributed by atoms with Crippen molar-refractivity contribution in [3.63, 3.8) is 0 Å². The van der Waals surface area contributed by atoms with E-state index in [4.69, 9.17) is 17.4 Å². The molecule has 0 bridgehead atoms. The molecule has 0 spiro atoms. The summed E-state index contributed by atoms with van der Waals surface area (Å²) in [5.74, 6) is 6.40. The molecule has 16 heavy (non-hydrogen) atoms. The summed E-state index contributed by atoms with van der Waals surface area (Å²) < 4.78 is 0. The number of benzene rings is 1. The summed E-state index contributed by atoms with van der Waals surface area (Å²) in [7, 11) is 0. The molecule has 2 aromatic rings. The van der Waals surface area contributed by atoms with Crippen LogP contribution in [-0.4, -0.2) is 9.97 Å². The summed E-state index contributed by atoms with van der Waals surface area (Å²) in [6.07, 6.45) is 1.41. The minimum Gasteiger partial charge on any atom is -0.339 e. The third-order valence-electron chi connectivity index (χ3n) is 1.95. The number of aromatic nitrogens is 2. The molecule has 1 heterocycles. The fourth-order valence-corrected chi connectivity index (χ4v) is 1.39. The van der Waals surface area contributed by atoms with Gasteiger partial charge in [0.15, 0.2) is 0 Å². The Morgan fingerprint density at radius 3 is 2.62 bits per heavy atom. The lowest BCUT2D eigenvalue weighted by Gasteiger charge is -2.07. The highest BCUT2D eigenvalue weighted by atomic mass is 35.5. The Morgan fingerprint density at radius 1 is 1.12 bits per heavy atom. The highest BCUT2D eigenvalue weighted by Crippen LogP contribution is 2.24. The second-order valence-electron chi connectivity index (χ2n) is 3.04. The van der Waals surface area contributed by atoms with E-state index in [-0.39, 0.29) is 0 Å². The maximum atomic E-state index is 6.00. The first kappa shape index (κ1) is 10.7.